The number of hydrogen-bond donors (Lipinski definition) is 2. The van der Waals surface area contributed by atoms with E-state index in [0.717, 1.165) is 56.5 Å². The molecule has 5 rings (SSSR count). The summed E-state index contributed by atoms with van der Waals surface area (Å²) in [6.07, 6.45) is 9.62. The van der Waals surface area contributed by atoms with Gasteiger partial charge in [0.2, 0.25) is 0 Å². The van der Waals surface area contributed by atoms with Gasteiger partial charge >= 0.3 is 5.97 Å². The molecule has 1 unspecified atom stereocenters. The van der Waals surface area contributed by atoms with Gasteiger partial charge in [-0.05, 0) is 92.4 Å². The van der Waals surface area contributed by atoms with E-state index >= 15 is 0 Å². The average Bonchev–Trinajstić information content (AvgIpc) is 3.31. The average molecular weight is 433 g/mol. The Morgan fingerprint density at radius 2 is 1.97 bits per heavy atom. The predicted octanol–water partition coefficient (Wildman–Crippen LogP) is 5.79. The third-order valence-corrected chi connectivity index (χ3v) is 7.47. The lowest BCUT2D eigenvalue weighted by atomic mass is 9.81. The molecule has 1 aromatic heterocycles. The lowest BCUT2D eigenvalue weighted by molar-refractivity contribution is 0.0695. The van der Waals surface area contributed by atoms with Crippen molar-refractivity contribution in [3.63, 3.8) is 0 Å². The maximum Gasteiger partial charge on any atom is 0.335 e. The molecule has 5 heteroatoms. The largest absolute Gasteiger partial charge is 0.496 e. The minimum Gasteiger partial charge on any atom is -0.496 e. The molecular weight excluding hydrogens is 400 g/mol. The number of nitrogens with zero attached hydrogens (tertiary/aromatic N) is 1. The van der Waals surface area contributed by atoms with Crippen LogP contribution in [-0.4, -0.2) is 34.6 Å². The second-order valence-electron chi connectivity index (χ2n) is 9.29. The van der Waals surface area contributed by atoms with Crippen molar-refractivity contribution < 1.29 is 14.6 Å². The van der Waals surface area contributed by atoms with Crippen molar-refractivity contribution in [3.8, 4) is 5.75 Å². The highest BCUT2D eigenvalue weighted by molar-refractivity contribution is 5.90. The number of ether oxygens (including phenoxy) is 1. The van der Waals surface area contributed by atoms with Crippen molar-refractivity contribution >= 4 is 16.9 Å². The summed E-state index contributed by atoms with van der Waals surface area (Å²) in [5.41, 5.74) is 7.83. The summed E-state index contributed by atoms with van der Waals surface area (Å²) in [6.45, 7) is 3.99. The van der Waals surface area contributed by atoms with Gasteiger partial charge in [-0.3, -0.25) is 4.90 Å². The molecule has 168 valence electrons. The van der Waals surface area contributed by atoms with Crippen LogP contribution in [0.4, 0.5) is 0 Å². The van der Waals surface area contributed by atoms with Gasteiger partial charge in [-0.15, -0.1) is 0 Å². The van der Waals surface area contributed by atoms with Gasteiger partial charge in [0, 0.05) is 35.2 Å². The number of piperidine rings is 1. The fraction of sp³-hybridized carbons (Fsp3) is 0.444. The van der Waals surface area contributed by atoms with Gasteiger partial charge in [0.25, 0.3) is 0 Å². The Bertz CT molecular complexity index is 1160. The van der Waals surface area contributed by atoms with Gasteiger partial charge in [-0.2, -0.15) is 0 Å². The summed E-state index contributed by atoms with van der Waals surface area (Å²) >= 11 is 0. The lowest BCUT2D eigenvalue weighted by Gasteiger charge is -2.38. The zero-order chi connectivity index (χ0) is 22.2. The second kappa shape index (κ2) is 8.62. The van der Waals surface area contributed by atoms with E-state index in [0.29, 0.717) is 11.6 Å². The third-order valence-electron chi connectivity index (χ3n) is 7.47. The van der Waals surface area contributed by atoms with Crippen molar-refractivity contribution in [1.29, 1.82) is 0 Å². The van der Waals surface area contributed by atoms with Crippen LogP contribution in [0.25, 0.3) is 10.9 Å². The number of fused-ring (bicyclic) bond motifs is 2. The number of aromatic carboxylic acids is 1. The molecule has 0 amide bonds. The molecule has 1 atom stereocenters. The fourth-order valence-electron chi connectivity index (χ4n) is 5.92. The molecule has 0 saturated carbocycles. The van der Waals surface area contributed by atoms with Gasteiger partial charge in [0.1, 0.15) is 5.75 Å². The molecule has 0 spiro atoms. The van der Waals surface area contributed by atoms with Crippen molar-refractivity contribution in [2.24, 2.45) is 0 Å². The monoisotopic (exact) mass is 432 g/mol. The molecule has 3 aromatic rings. The number of carbonyl (C=O) groups is 1. The first-order valence-electron chi connectivity index (χ1n) is 11.8. The first-order chi connectivity index (χ1) is 15.6. The van der Waals surface area contributed by atoms with E-state index in [9.17, 15) is 9.90 Å². The van der Waals surface area contributed by atoms with E-state index in [1.165, 1.54) is 46.0 Å². The zero-order valence-electron chi connectivity index (χ0n) is 19.0. The highest BCUT2D eigenvalue weighted by atomic mass is 16.5. The van der Waals surface area contributed by atoms with Crippen molar-refractivity contribution in [3.05, 3.63) is 63.8 Å². The Hall–Kier alpha value is -2.79. The summed E-state index contributed by atoms with van der Waals surface area (Å²) in [6, 6.07) is 8.57. The van der Waals surface area contributed by atoms with Gasteiger partial charge < -0.3 is 14.8 Å². The fourth-order valence-corrected chi connectivity index (χ4v) is 5.92. The number of methoxy groups -OCH3 is 1. The molecule has 5 nitrogen and oxygen atoms in total. The summed E-state index contributed by atoms with van der Waals surface area (Å²) in [5, 5.41) is 11.0. The summed E-state index contributed by atoms with van der Waals surface area (Å²) in [7, 11) is 1.76. The molecular formula is C27H32N2O3. The molecule has 1 saturated heterocycles. The minimum atomic E-state index is -0.797. The molecule has 1 fully saturated rings. The third kappa shape index (κ3) is 3.58. The first-order valence-corrected chi connectivity index (χ1v) is 11.8. The van der Waals surface area contributed by atoms with Crippen LogP contribution in [0.2, 0.25) is 0 Å². The van der Waals surface area contributed by atoms with E-state index in [1.54, 1.807) is 7.11 Å². The van der Waals surface area contributed by atoms with Crippen LogP contribution >= 0.6 is 0 Å². The topological polar surface area (TPSA) is 65.6 Å². The van der Waals surface area contributed by atoms with Crippen LogP contribution in [0.5, 0.6) is 5.75 Å². The standard InChI is InChI=1S/C27H32N2O3/c1-17-15-25(32-2)23(21-12-13-28-26(17)21)16-29-14-6-5-9-24(29)20-10-11-22(27(30)31)19-8-4-3-7-18(19)20/h10-13,15,24,28H,3-9,14,16H2,1-2H3,(H,30,31). The van der Waals surface area contributed by atoms with Crippen LogP contribution in [-0.2, 0) is 19.4 Å². The maximum atomic E-state index is 11.8. The summed E-state index contributed by atoms with van der Waals surface area (Å²) < 4.78 is 5.81. The Labute approximate surface area is 189 Å². The highest BCUT2D eigenvalue weighted by Gasteiger charge is 2.30. The molecule has 1 aliphatic heterocycles. The molecule has 32 heavy (non-hydrogen) atoms. The zero-order valence-corrected chi connectivity index (χ0v) is 19.0. The molecule has 2 aliphatic rings. The van der Waals surface area contributed by atoms with E-state index in [2.05, 4.69) is 35.0 Å². The number of H-pyrrole nitrogens is 1. The molecule has 0 bridgehead atoms. The lowest BCUT2D eigenvalue weighted by Crippen LogP contribution is -2.34. The molecule has 2 heterocycles. The number of aromatic nitrogens is 1. The van der Waals surface area contributed by atoms with Crippen LogP contribution < -0.4 is 4.74 Å². The van der Waals surface area contributed by atoms with Gasteiger partial charge in [0.15, 0.2) is 0 Å². The van der Waals surface area contributed by atoms with Crippen LogP contribution in [0.15, 0.2) is 30.5 Å². The molecule has 2 aromatic carbocycles. The Morgan fingerprint density at radius 1 is 1.16 bits per heavy atom. The van der Waals surface area contributed by atoms with Crippen LogP contribution in [0.1, 0.15) is 76.3 Å². The summed E-state index contributed by atoms with van der Waals surface area (Å²) in [5.74, 6) is 0.150. The maximum absolute atomic E-state index is 11.8. The number of rotatable bonds is 5. The second-order valence-corrected chi connectivity index (χ2v) is 9.29. The van der Waals surface area contributed by atoms with Crippen LogP contribution in [0.3, 0.4) is 0 Å². The Kier molecular flexibility index (Phi) is 5.68. The smallest absolute Gasteiger partial charge is 0.335 e. The van der Waals surface area contributed by atoms with Crippen molar-refractivity contribution in [2.75, 3.05) is 13.7 Å². The summed E-state index contributed by atoms with van der Waals surface area (Å²) in [4.78, 5) is 17.8. The Morgan fingerprint density at radius 3 is 2.75 bits per heavy atom. The number of carboxylic acid groups (broad SMARTS) is 1. The molecule has 2 N–H and O–H groups in total. The van der Waals surface area contributed by atoms with Gasteiger partial charge in [-0.25, -0.2) is 4.79 Å². The Balaban J connectivity index is 1.56. The van der Waals surface area contributed by atoms with E-state index in [4.69, 9.17) is 4.74 Å². The minimum absolute atomic E-state index is 0.318. The van der Waals surface area contributed by atoms with E-state index < -0.39 is 5.97 Å². The molecule has 1 aliphatic carbocycles. The first kappa shape index (κ1) is 21.1. The van der Waals surface area contributed by atoms with Crippen molar-refractivity contribution in [2.45, 2.75) is 64.5 Å². The van der Waals surface area contributed by atoms with E-state index in [1.807, 2.05) is 12.3 Å². The number of hydrogen-bond acceptors (Lipinski definition) is 3. The normalized spacial score (nSPS) is 19.1. The number of benzene rings is 2. The van der Waals surface area contributed by atoms with Crippen molar-refractivity contribution in [1.82, 2.24) is 9.88 Å². The number of carboxylic acids is 1. The number of aryl methyl sites for hydroxylation is 1. The highest BCUT2D eigenvalue weighted by Crippen LogP contribution is 2.40. The van der Waals surface area contributed by atoms with Crippen LogP contribution in [0, 0.1) is 6.92 Å². The number of aromatic amines is 1. The predicted molar refractivity (Wildman–Crippen MR) is 127 cm³/mol. The number of likely N-dealkylation sites (tertiary alicyclic amines) is 1. The van der Waals surface area contributed by atoms with Gasteiger partial charge in [0.05, 0.1) is 12.7 Å². The van der Waals surface area contributed by atoms with E-state index in [-0.39, 0.29) is 0 Å². The van der Waals surface area contributed by atoms with Gasteiger partial charge in [-0.1, -0.05) is 12.5 Å². The quantitative estimate of drug-likeness (QED) is 0.536. The SMILES string of the molecule is COc1cc(C)c2[nH]ccc2c1CN1CCCCC1c1ccc(C(=O)O)c2c1CCCC2. The number of nitrogens with one attached hydrogen (secondary N) is 1. The molecule has 0 radical (unpaired) electrons.